The number of hydrogen-bond acceptors (Lipinski definition) is 2. The van der Waals surface area contributed by atoms with Crippen molar-refractivity contribution in [1.82, 2.24) is 9.47 Å². The van der Waals surface area contributed by atoms with Gasteiger partial charge in [0.25, 0.3) is 5.91 Å². The van der Waals surface area contributed by atoms with E-state index >= 15 is 0 Å². The first-order valence-corrected chi connectivity index (χ1v) is 5.87. The molecule has 2 N–H and O–H groups in total. The summed E-state index contributed by atoms with van der Waals surface area (Å²) in [6, 6.07) is 2.18. The number of rotatable bonds is 4. The fourth-order valence-corrected chi connectivity index (χ4v) is 1.93. The lowest BCUT2D eigenvalue weighted by molar-refractivity contribution is 0.0774. The molecule has 4 nitrogen and oxygen atoms in total. The second-order valence-corrected chi connectivity index (χ2v) is 4.32. The van der Waals surface area contributed by atoms with Gasteiger partial charge >= 0.3 is 0 Å². The van der Waals surface area contributed by atoms with Crippen LogP contribution in [0.2, 0.25) is 0 Å². The number of nitrogens with two attached hydrogens (primary N) is 1. The van der Waals surface area contributed by atoms with E-state index in [-0.39, 0.29) is 5.91 Å². The Kier molecular flexibility index (Phi) is 3.10. The van der Waals surface area contributed by atoms with Gasteiger partial charge in [0.05, 0.1) is 12.2 Å². The molecule has 1 aliphatic rings. The highest BCUT2D eigenvalue weighted by atomic mass is 16.2. The van der Waals surface area contributed by atoms with Crippen molar-refractivity contribution in [3.63, 3.8) is 0 Å². The summed E-state index contributed by atoms with van der Waals surface area (Å²) in [6.45, 7) is 2.87. The van der Waals surface area contributed by atoms with E-state index in [1.807, 2.05) is 17.7 Å². The molecule has 0 atom stereocenters. The number of terminal acetylenes is 1. The van der Waals surface area contributed by atoms with Gasteiger partial charge in [-0.25, -0.2) is 0 Å². The standard InChI is InChI=1S/C13H17N3O/c1-3-7-15(4-2)13(17)12-8-10(14)9-16(12)11-5-6-11/h1,8-9,11H,4-7,14H2,2H3. The highest BCUT2D eigenvalue weighted by Crippen LogP contribution is 2.37. The summed E-state index contributed by atoms with van der Waals surface area (Å²) in [4.78, 5) is 13.9. The first-order valence-electron chi connectivity index (χ1n) is 5.87. The third-order valence-corrected chi connectivity index (χ3v) is 2.98. The lowest BCUT2D eigenvalue weighted by Gasteiger charge is -2.18. The number of nitrogens with zero attached hydrogens (tertiary/aromatic N) is 2. The van der Waals surface area contributed by atoms with Gasteiger partial charge in [0.2, 0.25) is 0 Å². The number of hydrogen-bond donors (Lipinski definition) is 1. The van der Waals surface area contributed by atoms with Crippen LogP contribution in [0.25, 0.3) is 0 Å². The average Bonchev–Trinajstić information content (AvgIpc) is 3.08. The third-order valence-electron chi connectivity index (χ3n) is 2.98. The molecule has 0 aliphatic heterocycles. The number of carbonyl (C=O) groups excluding carboxylic acids is 1. The Balaban J connectivity index is 2.26. The zero-order chi connectivity index (χ0) is 12.4. The van der Waals surface area contributed by atoms with Crippen LogP contribution in [0.4, 0.5) is 5.69 Å². The Bertz CT molecular complexity index is 465. The van der Waals surface area contributed by atoms with Gasteiger partial charge < -0.3 is 15.2 Å². The van der Waals surface area contributed by atoms with Crippen LogP contribution in [-0.2, 0) is 0 Å². The second kappa shape index (κ2) is 4.54. The average molecular weight is 231 g/mol. The van der Waals surface area contributed by atoms with Crippen LogP contribution in [0.1, 0.15) is 36.3 Å². The van der Waals surface area contributed by atoms with Crippen molar-refractivity contribution in [2.24, 2.45) is 0 Å². The van der Waals surface area contributed by atoms with Crippen molar-refractivity contribution in [2.45, 2.75) is 25.8 Å². The van der Waals surface area contributed by atoms with Crippen LogP contribution in [-0.4, -0.2) is 28.5 Å². The van der Waals surface area contributed by atoms with Crippen molar-refractivity contribution in [2.75, 3.05) is 18.8 Å². The van der Waals surface area contributed by atoms with Gasteiger partial charge in [-0.2, -0.15) is 0 Å². The molecule has 1 fully saturated rings. The lowest BCUT2D eigenvalue weighted by Crippen LogP contribution is -2.32. The fraction of sp³-hybridized carbons (Fsp3) is 0.462. The Morgan fingerprint density at radius 1 is 1.71 bits per heavy atom. The topological polar surface area (TPSA) is 51.3 Å². The van der Waals surface area contributed by atoms with Gasteiger partial charge in [0.15, 0.2) is 0 Å². The quantitative estimate of drug-likeness (QED) is 0.798. The largest absolute Gasteiger partial charge is 0.397 e. The Hall–Kier alpha value is -1.89. The summed E-state index contributed by atoms with van der Waals surface area (Å²) in [6.07, 6.45) is 9.34. The predicted octanol–water partition coefficient (Wildman–Crippen LogP) is 1.50. The first kappa shape index (κ1) is 11.6. The van der Waals surface area contributed by atoms with E-state index in [1.54, 1.807) is 11.0 Å². The molecule has 1 amide bonds. The summed E-state index contributed by atoms with van der Waals surface area (Å²) >= 11 is 0. The highest BCUT2D eigenvalue weighted by Gasteiger charge is 2.28. The van der Waals surface area contributed by atoms with Crippen LogP contribution < -0.4 is 5.73 Å². The number of nitrogen functional groups attached to an aromatic ring is 1. The second-order valence-electron chi connectivity index (χ2n) is 4.32. The minimum atomic E-state index is -0.0333. The lowest BCUT2D eigenvalue weighted by atomic mass is 10.3. The van der Waals surface area contributed by atoms with Gasteiger partial charge in [0.1, 0.15) is 5.69 Å². The van der Waals surface area contributed by atoms with Crippen LogP contribution in [0.3, 0.4) is 0 Å². The summed E-state index contributed by atoms with van der Waals surface area (Å²) in [5.41, 5.74) is 7.06. The Morgan fingerprint density at radius 2 is 2.41 bits per heavy atom. The van der Waals surface area contributed by atoms with Crippen molar-refractivity contribution in [1.29, 1.82) is 0 Å². The SMILES string of the molecule is C#CCN(CC)C(=O)c1cc(N)cn1C1CC1. The molecular formula is C13H17N3O. The molecule has 0 unspecified atom stereocenters. The van der Waals surface area contributed by atoms with Crippen molar-refractivity contribution < 1.29 is 4.79 Å². The molecule has 0 spiro atoms. The van der Waals surface area contributed by atoms with E-state index in [0.717, 1.165) is 12.8 Å². The van der Waals surface area contributed by atoms with Gasteiger partial charge in [-0.05, 0) is 25.8 Å². The predicted molar refractivity (Wildman–Crippen MR) is 67.5 cm³/mol. The van der Waals surface area contributed by atoms with E-state index in [1.165, 1.54) is 0 Å². The minimum absolute atomic E-state index is 0.0333. The number of anilines is 1. The van der Waals surface area contributed by atoms with E-state index < -0.39 is 0 Å². The van der Waals surface area contributed by atoms with Crippen molar-refractivity contribution >= 4 is 11.6 Å². The summed E-state index contributed by atoms with van der Waals surface area (Å²) in [5, 5.41) is 0. The number of carbonyl (C=O) groups is 1. The number of aromatic nitrogens is 1. The molecule has 1 saturated carbocycles. The molecule has 17 heavy (non-hydrogen) atoms. The van der Waals surface area contributed by atoms with Crippen LogP contribution in [0.15, 0.2) is 12.3 Å². The minimum Gasteiger partial charge on any atom is -0.397 e. The van der Waals surface area contributed by atoms with Gasteiger partial charge in [-0.3, -0.25) is 4.79 Å². The van der Waals surface area contributed by atoms with E-state index in [2.05, 4.69) is 5.92 Å². The van der Waals surface area contributed by atoms with E-state index in [9.17, 15) is 4.79 Å². The highest BCUT2D eigenvalue weighted by molar-refractivity contribution is 5.94. The molecule has 90 valence electrons. The van der Waals surface area contributed by atoms with E-state index in [4.69, 9.17) is 12.2 Å². The molecule has 0 radical (unpaired) electrons. The van der Waals surface area contributed by atoms with Crippen molar-refractivity contribution in [3.05, 3.63) is 18.0 Å². The van der Waals surface area contributed by atoms with Crippen LogP contribution >= 0.6 is 0 Å². The Labute approximate surface area is 101 Å². The molecule has 0 saturated heterocycles. The molecular weight excluding hydrogens is 214 g/mol. The summed E-state index contributed by atoms with van der Waals surface area (Å²) in [7, 11) is 0. The maximum atomic E-state index is 12.3. The van der Waals surface area contributed by atoms with Crippen molar-refractivity contribution in [3.8, 4) is 12.3 Å². The molecule has 1 aromatic heterocycles. The monoisotopic (exact) mass is 231 g/mol. The van der Waals surface area contributed by atoms with Gasteiger partial charge in [0, 0.05) is 18.8 Å². The van der Waals surface area contributed by atoms with Gasteiger partial charge in [-0.1, -0.05) is 5.92 Å². The molecule has 0 aromatic carbocycles. The number of amides is 1. The van der Waals surface area contributed by atoms with Crippen LogP contribution in [0, 0.1) is 12.3 Å². The molecule has 4 heteroatoms. The first-order chi connectivity index (χ1) is 8.17. The maximum absolute atomic E-state index is 12.3. The van der Waals surface area contributed by atoms with E-state index in [0.29, 0.717) is 30.5 Å². The normalized spacial score (nSPS) is 14.4. The third kappa shape index (κ3) is 2.28. The molecule has 2 rings (SSSR count). The fourth-order valence-electron chi connectivity index (χ4n) is 1.93. The molecule has 1 aliphatic carbocycles. The van der Waals surface area contributed by atoms with Crippen LogP contribution in [0.5, 0.6) is 0 Å². The summed E-state index contributed by atoms with van der Waals surface area (Å²) < 4.78 is 1.98. The van der Waals surface area contributed by atoms with Gasteiger partial charge in [-0.15, -0.1) is 6.42 Å². The zero-order valence-electron chi connectivity index (χ0n) is 10.0. The maximum Gasteiger partial charge on any atom is 0.271 e. The summed E-state index contributed by atoms with van der Waals surface area (Å²) in [5.74, 6) is 2.47. The zero-order valence-corrected chi connectivity index (χ0v) is 10.0. The molecule has 0 bridgehead atoms. The smallest absolute Gasteiger partial charge is 0.271 e. The Morgan fingerprint density at radius 3 is 2.94 bits per heavy atom. The molecule has 1 heterocycles. The molecule has 1 aromatic rings.